The number of nitrogens with one attached hydrogen (secondary N) is 1. The molecule has 0 radical (unpaired) electrons. The first kappa shape index (κ1) is 29.0. The Labute approximate surface area is 255 Å². The van der Waals surface area contributed by atoms with Crippen molar-refractivity contribution < 1.29 is 0 Å². The van der Waals surface area contributed by atoms with E-state index in [0.717, 1.165) is 33.6 Å². The maximum absolute atomic E-state index is 13.9. The number of aromatic nitrogens is 8. The zero-order valence-corrected chi connectivity index (χ0v) is 25.7. The minimum absolute atomic E-state index is 0.0954. The number of tetrazole rings is 1. The van der Waals surface area contributed by atoms with Gasteiger partial charge in [-0.25, -0.2) is 9.78 Å². The maximum atomic E-state index is 13.9. The molecule has 0 saturated carbocycles. The van der Waals surface area contributed by atoms with Crippen LogP contribution < -0.4 is 11.2 Å². The lowest BCUT2D eigenvalue weighted by Crippen LogP contribution is -2.41. The SMILES string of the molecule is CCn1c(=O)c2c(nc(CC(C)(C)C)n2Cc2ccc(-c3ccccc3-c3nn[nH]n3)cc2)n(C(C)c2ccccc2)c1=O. The number of rotatable bonds is 8. The standard InChI is InChI=1S/C34H36N8O2/c1-6-40-32(43)29-31(42(33(40)44)22(2)24-12-8-7-9-13-24)35-28(20-34(3,4)5)41(29)21-23-16-18-25(19-17-23)26-14-10-11-15-27(26)30-36-38-39-37-30/h7-19,22H,6,20-21H2,1-5H3,(H,36,37,38,39). The fraction of sp³-hybridized carbons (Fsp3) is 0.294. The van der Waals surface area contributed by atoms with Gasteiger partial charge in [0.05, 0.1) is 6.04 Å². The topological polar surface area (TPSA) is 116 Å². The molecular formula is C34H36N8O2. The Hall–Kier alpha value is -5.12. The molecule has 0 fully saturated rings. The first-order valence-corrected chi connectivity index (χ1v) is 14.9. The van der Waals surface area contributed by atoms with E-state index >= 15 is 0 Å². The van der Waals surface area contributed by atoms with Gasteiger partial charge in [0, 0.05) is 25.1 Å². The van der Waals surface area contributed by atoms with E-state index in [1.807, 2.05) is 73.0 Å². The van der Waals surface area contributed by atoms with Gasteiger partial charge < -0.3 is 4.57 Å². The van der Waals surface area contributed by atoms with E-state index in [2.05, 4.69) is 65.7 Å². The van der Waals surface area contributed by atoms with E-state index in [1.54, 1.807) is 4.57 Å². The molecule has 224 valence electrons. The third-order valence-corrected chi connectivity index (χ3v) is 7.93. The zero-order valence-electron chi connectivity index (χ0n) is 25.7. The smallest absolute Gasteiger partial charge is 0.318 e. The summed E-state index contributed by atoms with van der Waals surface area (Å²) in [6.45, 7) is 11.0. The predicted molar refractivity (Wildman–Crippen MR) is 171 cm³/mol. The van der Waals surface area contributed by atoms with Crippen molar-refractivity contribution in [3.8, 4) is 22.5 Å². The maximum Gasteiger partial charge on any atom is 0.333 e. The minimum Gasteiger partial charge on any atom is -0.318 e. The largest absolute Gasteiger partial charge is 0.333 e. The van der Waals surface area contributed by atoms with Crippen LogP contribution in [0, 0.1) is 5.41 Å². The van der Waals surface area contributed by atoms with Gasteiger partial charge in [-0.3, -0.25) is 13.9 Å². The van der Waals surface area contributed by atoms with Crippen LogP contribution in [-0.4, -0.2) is 39.3 Å². The Balaban J connectivity index is 1.49. The van der Waals surface area contributed by atoms with Crippen LogP contribution in [0.2, 0.25) is 0 Å². The predicted octanol–water partition coefficient (Wildman–Crippen LogP) is 5.47. The molecule has 3 aromatic heterocycles. The van der Waals surface area contributed by atoms with E-state index in [4.69, 9.17) is 4.98 Å². The molecule has 0 amide bonds. The molecule has 1 unspecified atom stereocenters. The number of imidazole rings is 1. The Morgan fingerprint density at radius 1 is 0.864 bits per heavy atom. The van der Waals surface area contributed by atoms with Gasteiger partial charge >= 0.3 is 5.69 Å². The molecule has 44 heavy (non-hydrogen) atoms. The summed E-state index contributed by atoms with van der Waals surface area (Å²) in [4.78, 5) is 32.7. The molecule has 10 heteroatoms. The summed E-state index contributed by atoms with van der Waals surface area (Å²) in [5.41, 5.74) is 4.98. The number of hydrogen-bond donors (Lipinski definition) is 1. The summed E-state index contributed by atoms with van der Waals surface area (Å²) < 4.78 is 5.00. The second kappa shape index (κ2) is 11.5. The van der Waals surface area contributed by atoms with Crippen LogP contribution in [0.5, 0.6) is 0 Å². The second-order valence-electron chi connectivity index (χ2n) is 12.3. The lowest BCUT2D eigenvalue weighted by atomic mass is 9.92. The first-order valence-electron chi connectivity index (χ1n) is 14.9. The molecule has 1 atom stereocenters. The van der Waals surface area contributed by atoms with Gasteiger partial charge in [0.2, 0.25) is 5.82 Å². The van der Waals surface area contributed by atoms with Gasteiger partial charge in [-0.2, -0.15) is 5.21 Å². The van der Waals surface area contributed by atoms with Gasteiger partial charge in [0.1, 0.15) is 5.82 Å². The van der Waals surface area contributed by atoms with Crippen molar-refractivity contribution in [2.75, 3.05) is 0 Å². The number of fused-ring (bicyclic) bond motifs is 1. The van der Waals surface area contributed by atoms with Crippen molar-refractivity contribution in [2.24, 2.45) is 5.41 Å². The number of H-pyrrole nitrogens is 1. The van der Waals surface area contributed by atoms with E-state index in [9.17, 15) is 9.59 Å². The van der Waals surface area contributed by atoms with E-state index < -0.39 is 0 Å². The van der Waals surface area contributed by atoms with Gasteiger partial charge in [-0.1, -0.05) is 99.6 Å². The fourth-order valence-electron chi connectivity index (χ4n) is 5.77. The van der Waals surface area contributed by atoms with Crippen molar-refractivity contribution in [2.45, 2.75) is 60.2 Å². The monoisotopic (exact) mass is 588 g/mol. The molecule has 6 aromatic rings. The highest BCUT2D eigenvalue weighted by Crippen LogP contribution is 2.31. The van der Waals surface area contributed by atoms with Crippen LogP contribution in [0.4, 0.5) is 0 Å². The van der Waals surface area contributed by atoms with Gasteiger partial charge in [0.25, 0.3) is 5.56 Å². The molecule has 0 bridgehead atoms. The third-order valence-electron chi connectivity index (χ3n) is 7.93. The highest BCUT2D eigenvalue weighted by Gasteiger charge is 2.26. The normalized spacial score (nSPS) is 12.6. The lowest BCUT2D eigenvalue weighted by Gasteiger charge is -2.19. The quantitative estimate of drug-likeness (QED) is 0.252. The van der Waals surface area contributed by atoms with Crippen molar-refractivity contribution in [3.63, 3.8) is 0 Å². The lowest BCUT2D eigenvalue weighted by molar-refractivity contribution is 0.394. The summed E-state index contributed by atoms with van der Waals surface area (Å²) in [5, 5.41) is 14.6. The van der Waals surface area contributed by atoms with Crippen LogP contribution in [0.1, 0.15) is 57.6 Å². The summed E-state index contributed by atoms with van der Waals surface area (Å²) in [6.07, 6.45) is 0.636. The molecule has 1 N–H and O–H groups in total. The molecule has 0 aliphatic heterocycles. The molecule has 6 rings (SSSR count). The van der Waals surface area contributed by atoms with Crippen LogP contribution in [0.3, 0.4) is 0 Å². The summed E-state index contributed by atoms with van der Waals surface area (Å²) in [6, 6.07) is 25.7. The van der Waals surface area contributed by atoms with Crippen LogP contribution in [0.25, 0.3) is 33.7 Å². The Kier molecular flexibility index (Phi) is 7.59. The summed E-state index contributed by atoms with van der Waals surface area (Å²) >= 11 is 0. The summed E-state index contributed by atoms with van der Waals surface area (Å²) in [7, 11) is 0. The molecule has 3 heterocycles. The third kappa shape index (κ3) is 5.39. The Morgan fingerprint density at radius 2 is 1.55 bits per heavy atom. The van der Waals surface area contributed by atoms with Crippen molar-refractivity contribution in [3.05, 3.63) is 117 Å². The minimum atomic E-state index is -0.349. The molecular weight excluding hydrogens is 552 g/mol. The van der Waals surface area contributed by atoms with Gasteiger partial charge in [-0.15, -0.1) is 10.2 Å². The Morgan fingerprint density at radius 3 is 2.18 bits per heavy atom. The fourth-order valence-corrected chi connectivity index (χ4v) is 5.77. The molecule has 0 aliphatic rings. The molecule has 0 spiro atoms. The summed E-state index contributed by atoms with van der Waals surface area (Å²) in [5.74, 6) is 1.31. The number of hydrogen-bond acceptors (Lipinski definition) is 6. The van der Waals surface area contributed by atoms with Crippen molar-refractivity contribution in [1.82, 2.24) is 39.3 Å². The van der Waals surface area contributed by atoms with E-state index in [0.29, 0.717) is 30.0 Å². The Bertz CT molecular complexity index is 2030. The van der Waals surface area contributed by atoms with Crippen molar-refractivity contribution in [1.29, 1.82) is 0 Å². The van der Waals surface area contributed by atoms with Gasteiger partial charge in [-0.05, 0) is 46.7 Å². The number of nitrogens with zero attached hydrogens (tertiary/aromatic N) is 7. The molecule has 0 aliphatic carbocycles. The highest BCUT2D eigenvalue weighted by atomic mass is 16.2. The van der Waals surface area contributed by atoms with Crippen molar-refractivity contribution >= 4 is 11.2 Å². The zero-order chi connectivity index (χ0) is 31.0. The van der Waals surface area contributed by atoms with E-state index in [-0.39, 0.29) is 29.3 Å². The molecule has 10 nitrogen and oxygen atoms in total. The average molecular weight is 589 g/mol. The number of aromatic amines is 1. The number of benzene rings is 3. The van der Waals surface area contributed by atoms with Crippen LogP contribution in [-0.2, 0) is 19.5 Å². The van der Waals surface area contributed by atoms with Crippen LogP contribution >= 0.6 is 0 Å². The molecule has 0 saturated heterocycles. The highest BCUT2D eigenvalue weighted by molar-refractivity contribution is 5.80. The van der Waals surface area contributed by atoms with Gasteiger partial charge in [0.15, 0.2) is 11.2 Å². The molecule has 3 aromatic carbocycles. The second-order valence-corrected chi connectivity index (χ2v) is 12.3. The first-order chi connectivity index (χ1) is 21.2. The van der Waals surface area contributed by atoms with Crippen LogP contribution in [0.15, 0.2) is 88.5 Å². The average Bonchev–Trinajstić information content (AvgIpc) is 3.66. The van der Waals surface area contributed by atoms with E-state index in [1.165, 1.54) is 4.57 Å².